The number of hydrogen-bond donors (Lipinski definition) is 4. The van der Waals surface area contributed by atoms with Gasteiger partial charge in [0.05, 0.1) is 13.2 Å². The van der Waals surface area contributed by atoms with E-state index in [9.17, 15) is 28.8 Å². The molecule has 0 aliphatic carbocycles. The molecule has 430 valence electrons. The van der Waals surface area contributed by atoms with Gasteiger partial charge in [0.25, 0.3) is 0 Å². The quantitative estimate of drug-likeness (QED) is 0.0287. The van der Waals surface area contributed by atoms with Gasteiger partial charge in [-0.25, -0.2) is 18.7 Å². The van der Waals surface area contributed by atoms with Crippen LogP contribution in [0.25, 0.3) is 11.1 Å². The average molecular weight is 1060 g/mol. The third kappa shape index (κ3) is 35.4. The molecule has 2 aromatic rings. The highest BCUT2D eigenvalue weighted by molar-refractivity contribution is 5.85. The Morgan fingerprint density at radius 3 is 1.01 bits per heavy atom. The first kappa shape index (κ1) is 67.2. The van der Waals surface area contributed by atoms with Crippen LogP contribution in [0.2, 0.25) is 0 Å². The Balaban J connectivity index is 1.59. The first-order valence-corrected chi connectivity index (χ1v) is 30.5. The lowest BCUT2D eigenvalue weighted by atomic mass is 10.1. The Morgan fingerprint density at radius 1 is 0.382 bits per heavy atom. The largest absolute Gasteiger partial charge is 0.464 e. The zero-order valence-electron chi connectivity index (χ0n) is 48.2. The lowest BCUT2D eigenvalue weighted by Gasteiger charge is -2.17. The van der Waals surface area contributed by atoms with Crippen molar-refractivity contribution >= 4 is 35.6 Å². The van der Waals surface area contributed by atoms with Crippen molar-refractivity contribution in [1.82, 2.24) is 21.3 Å². The van der Waals surface area contributed by atoms with Gasteiger partial charge < -0.3 is 30.7 Å². The van der Waals surface area contributed by atoms with E-state index >= 15 is 0 Å². The van der Waals surface area contributed by atoms with Crippen molar-refractivity contribution in [3.8, 4) is 11.1 Å². The van der Waals surface area contributed by atoms with Crippen molar-refractivity contribution in [3.05, 3.63) is 49.1 Å². The van der Waals surface area contributed by atoms with Crippen LogP contribution in [0.1, 0.15) is 246 Å². The maximum Gasteiger partial charge on any atom is 0.328 e. The highest BCUT2D eigenvalue weighted by Gasteiger charge is 2.23. The minimum absolute atomic E-state index is 0.0867. The molecule has 0 saturated carbocycles. The molecule has 2 heterocycles. The lowest BCUT2D eigenvalue weighted by Crippen LogP contribution is -2.42. The first-order valence-electron chi connectivity index (χ1n) is 30.5. The third-order valence-corrected chi connectivity index (χ3v) is 14.1. The number of rotatable bonds is 49. The van der Waals surface area contributed by atoms with Gasteiger partial charge in [0, 0.05) is 75.9 Å². The molecule has 0 saturated heterocycles. The minimum Gasteiger partial charge on any atom is -0.464 e. The molecule has 14 nitrogen and oxygen atoms in total. The molecule has 0 bridgehead atoms. The average Bonchev–Trinajstić information content (AvgIpc) is 3.41. The number of ether oxygens (including phenoxy) is 2. The van der Waals surface area contributed by atoms with E-state index in [4.69, 9.17) is 9.47 Å². The Morgan fingerprint density at radius 2 is 0.684 bits per heavy atom. The van der Waals surface area contributed by atoms with Crippen molar-refractivity contribution in [1.29, 1.82) is 0 Å². The summed E-state index contributed by atoms with van der Waals surface area (Å²) in [7, 11) is 0. The number of pyridine rings is 2. The zero-order valence-corrected chi connectivity index (χ0v) is 48.2. The molecule has 0 fully saturated rings. The number of aromatic nitrogens is 2. The number of aryl methyl sites for hydroxylation is 2. The zero-order chi connectivity index (χ0) is 55.1. The first-order chi connectivity index (χ1) is 37.1. The number of nitrogens with zero attached hydrogens (tertiary/aromatic N) is 2. The van der Waals surface area contributed by atoms with E-state index < -0.39 is 24.0 Å². The summed E-state index contributed by atoms with van der Waals surface area (Å²) in [6.45, 7) is 11.3. The summed E-state index contributed by atoms with van der Waals surface area (Å²) < 4.78 is 14.8. The van der Waals surface area contributed by atoms with Crippen molar-refractivity contribution in [2.45, 2.75) is 271 Å². The van der Waals surface area contributed by atoms with E-state index in [-0.39, 0.29) is 36.8 Å². The number of carbonyl (C=O) groups is 6. The van der Waals surface area contributed by atoms with Crippen molar-refractivity contribution in [2.75, 3.05) is 26.3 Å². The molecule has 0 unspecified atom stereocenters. The van der Waals surface area contributed by atoms with E-state index in [1.165, 1.54) is 89.9 Å². The third-order valence-electron chi connectivity index (χ3n) is 14.1. The summed E-state index contributed by atoms with van der Waals surface area (Å²) in [4.78, 5) is 75.5. The van der Waals surface area contributed by atoms with Crippen LogP contribution in [0.15, 0.2) is 49.1 Å². The topological polar surface area (TPSA) is 177 Å². The van der Waals surface area contributed by atoms with Crippen LogP contribution in [0.3, 0.4) is 0 Å². The molecule has 2 aromatic heterocycles. The standard InChI is InChI=1S/C62H104N6O8/c1-5-9-11-13-15-17-19-21-25-37-57(69)63-45-31-29-35-55(61(73)75-7-3)65-59(71)39-27-23-33-47-67-49-41-53(42-50-67)54-43-51-68(52-44-54)48-34-24-28-40-60(72)66-56(62(74)76-8-4)36-30-32-46-64-58(70)38-26-22-20-18-16-14-12-10-6-2/h41-44,49-52,55-56H,5-40,45-48H2,1-4H3,(H2-2,63,64,65,66,69,70,71,72)/p+2/t55-,56-/m0/s1. The molecule has 2 atom stereocenters. The highest BCUT2D eigenvalue weighted by Crippen LogP contribution is 2.17. The predicted octanol–water partition coefficient (Wildman–Crippen LogP) is 11.6. The van der Waals surface area contributed by atoms with Gasteiger partial charge in [-0.1, -0.05) is 117 Å². The fourth-order valence-corrected chi connectivity index (χ4v) is 9.40. The van der Waals surface area contributed by atoms with E-state index in [2.05, 4.69) is 93.3 Å². The monoisotopic (exact) mass is 1060 g/mol. The number of amides is 4. The molecule has 0 aliphatic heterocycles. The van der Waals surface area contributed by atoms with Crippen LogP contribution in [0, 0.1) is 0 Å². The maximum absolute atomic E-state index is 12.8. The number of hydrogen-bond acceptors (Lipinski definition) is 8. The van der Waals surface area contributed by atoms with Crippen molar-refractivity contribution < 1.29 is 47.4 Å². The molecule has 76 heavy (non-hydrogen) atoms. The Kier molecular flexibility index (Phi) is 40.9. The second-order valence-electron chi connectivity index (χ2n) is 20.9. The molecule has 2 rings (SSSR count). The minimum atomic E-state index is -0.679. The molecule has 4 N–H and O–H groups in total. The number of esters is 2. The number of unbranched alkanes of at least 4 members (excludes halogenated alkanes) is 22. The fourth-order valence-electron chi connectivity index (χ4n) is 9.40. The predicted molar refractivity (Wildman–Crippen MR) is 304 cm³/mol. The van der Waals surface area contributed by atoms with Gasteiger partial charge in [0.15, 0.2) is 24.8 Å². The van der Waals surface area contributed by atoms with Crippen molar-refractivity contribution in [3.63, 3.8) is 0 Å². The van der Waals surface area contributed by atoms with E-state index in [0.29, 0.717) is 64.5 Å². The van der Waals surface area contributed by atoms with Crippen LogP contribution >= 0.6 is 0 Å². The second kappa shape index (κ2) is 46.2. The van der Waals surface area contributed by atoms with E-state index in [0.717, 1.165) is 101 Å². The molecule has 0 radical (unpaired) electrons. The molecule has 0 aromatic carbocycles. The number of carbonyl (C=O) groups excluding carboxylic acids is 6. The molecule has 14 heteroatoms. The van der Waals surface area contributed by atoms with Gasteiger partial charge >= 0.3 is 11.9 Å². The second-order valence-corrected chi connectivity index (χ2v) is 20.9. The smallest absolute Gasteiger partial charge is 0.328 e. The summed E-state index contributed by atoms with van der Waals surface area (Å²) in [5.41, 5.74) is 2.26. The summed E-state index contributed by atoms with van der Waals surface area (Å²) in [6.07, 6.45) is 41.1. The summed E-state index contributed by atoms with van der Waals surface area (Å²) in [5, 5.41) is 11.8. The van der Waals surface area contributed by atoms with Gasteiger partial charge in [0.2, 0.25) is 23.6 Å². The Bertz CT molecular complexity index is 1700. The summed E-state index contributed by atoms with van der Waals surface area (Å²) >= 11 is 0. The van der Waals surface area contributed by atoms with Gasteiger partial charge in [-0.3, -0.25) is 19.2 Å². The summed E-state index contributed by atoms with van der Waals surface area (Å²) in [5.74, 6) is -0.922. The van der Waals surface area contributed by atoms with Crippen molar-refractivity contribution in [2.24, 2.45) is 0 Å². The van der Waals surface area contributed by atoms with E-state index in [1.54, 1.807) is 13.8 Å². The van der Waals surface area contributed by atoms with Crippen LogP contribution in [-0.4, -0.2) is 74.0 Å². The molecular weight excluding hydrogens is 957 g/mol. The molecular formula is C62H106N6O8+2. The summed E-state index contributed by atoms with van der Waals surface area (Å²) in [6, 6.07) is 7.11. The van der Waals surface area contributed by atoms with Gasteiger partial charge in [0.1, 0.15) is 25.2 Å². The van der Waals surface area contributed by atoms with E-state index in [1.807, 2.05) is 0 Å². The van der Waals surface area contributed by atoms with Gasteiger partial charge in [-0.2, -0.15) is 0 Å². The highest BCUT2D eigenvalue weighted by atomic mass is 16.5. The molecule has 0 aliphatic rings. The fraction of sp³-hybridized carbons (Fsp3) is 0.742. The Labute approximate surface area is 460 Å². The lowest BCUT2D eigenvalue weighted by molar-refractivity contribution is -0.697. The number of nitrogens with one attached hydrogen (secondary N) is 4. The normalized spacial score (nSPS) is 11.9. The van der Waals surface area contributed by atoms with Gasteiger partial charge in [-0.05, 0) is 102 Å². The Hall–Kier alpha value is -4.88. The van der Waals surface area contributed by atoms with Gasteiger partial charge in [-0.15, -0.1) is 0 Å². The molecule has 4 amide bonds. The van der Waals surface area contributed by atoms with Crippen LogP contribution in [0.5, 0.6) is 0 Å². The maximum atomic E-state index is 12.8. The van der Waals surface area contributed by atoms with Crippen LogP contribution in [0.4, 0.5) is 0 Å². The van der Waals surface area contributed by atoms with Crippen LogP contribution < -0.4 is 30.4 Å². The SMILES string of the molecule is CCCCCCCCCCCC(=O)NCCCC[C@H](NC(=O)CCCCC[n+]1ccc(-c2cc[n+](CCCCCC(=O)N[C@@H](CCCCNC(=O)CCCCCCCCCCC)C(=O)OCC)cc2)cc1)C(=O)OCC. The molecule has 0 spiro atoms. The van der Waals surface area contributed by atoms with Crippen LogP contribution in [-0.2, 0) is 51.3 Å².